The van der Waals surface area contributed by atoms with Gasteiger partial charge in [0.05, 0.1) is 18.4 Å². The molecule has 0 fully saturated rings. The predicted octanol–water partition coefficient (Wildman–Crippen LogP) is -0.410. The maximum atomic E-state index is 11.7. The van der Waals surface area contributed by atoms with Crippen LogP contribution in [0.1, 0.15) is 5.69 Å². The summed E-state index contributed by atoms with van der Waals surface area (Å²) in [6.45, 7) is 1.23. The van der Waals surface area contributed by atoms with Gasteiger partial charge in [-0.15, -0.1) is 0 Å². The summed E-state index contributed by atoms with van der Waals surface area (Å²) in [6.07, 6.45) is -0.553. The van der Waals surface area contributed by atoms with Crippen LogP contribution in [-0.4, -0.2) is 58.0 Å². The maximum Gasteiger partial charge on any atom is 0.275 e. The Kier molecular flexibility index (Phi) is 4.59. The molecule has 1 N–H and O–H groups in total. The molecule has 0 saturated carbocycles. The van der Waals surface area contributed by atoms with E-state index in [0.29, 0.717) is 23.7 Å². The molecule has 2 heterocycles. The average molecular weight is 284 g/mol. The van der Waals surface area contributed by atoms with Gasteiger partial charge in [-0.25, -0.2) is 4.98 Å². The van der Waals surface area contributed by atoms with Crippen LogP contribution < -0.4 is 5.56 Å². The first-order chi connectivity index (χ1) is 9.10. The van der Waals surface area contributed by atoms with Crippen LogP contribution in [0.15, 0.2) is 16.4 Å². The highest BCUT2D eigenvalue weighted by atomic mass is 32.1. The van der Waals surface area contributed by atoms with E-state index < -0.39 is 6.10 Å². The SMILES string of the molecule is COCC(O)CN(C)Cc1cc(=O)n2ncsc2n1. The Morgan fingerprint density at radius 2 is 2.42 bits per heavy atom. The fraction of sp³-hybridized carbons (Fsp3) is 0.545. The molecular weight excluding hydrogens is 268 g/mol. The molecule has 1 atom stereocenters. The summed E-state index contributed by atoms with van der Waals surface area (Å²) in [6, 6.07) is 1.46. The van der Waals surface area contributed by atoms with Crippen LogP contribution in [0, 0.1) is 0 Å². The molecule has 0 aliphatic heterocycles. The number of ether oxygens (including phenoxy) is 1. The third-order valence-corrected chi connectivity index (χ3v) is 3.23. The molecule has 0 aliphatic carbocycles. The molecule has 2 aromatic rings. The Bertz CT molecular complexity index is 597. The first-order valence-corrected chi connectivity index (χ1v) is 6.66. The van der Waals surface area contributed by atoms with Gasteiger partial charge in [0.2, 0.25) is 4.96 Å². The number of aromatic nitrogens is 3. The van der Waals surface area contributed by atoms with Crippen molar-refractivity contribution in [2.75, 3.05) is 27.3 Å². The lowest BCUT2D eigenvalue weighted by Gasteiger charge is -2.19. The molecule has 0 bridgehead atoms. The zero-order valence-electron chi connectivity index (χ0n) is 10.8. The van der Waals surface area contributed by atoms with Crippen molar-refractivity contribution in [1.29, 1.82) is 0 Å². The van der Waals surface area contributed by atoms with Gasteiger partial charge in [0.15, 0.2) is 0 Å². The molecule has 7 nitrogen and oxygen atoms in total. The Labute approximate surface area is 114 Å². The summed E-state index contributed by atoms with van der Waals surface area (Å²) in [5, 5.41) is 13.5. The van der Waals surface area contributed by atoms with Crippen LogP contribution in [0.5, 0.6) is 0 Å². The molecule has 104 valence electrons. The molecule has 2 aromatic heterocycles. The molecule has 0 aromatic carbocycles. The quantitative estimate of drug-likeness (QED) is 0.777. The van der Waals surface area contributed by atoms with Crippen LogP contribution in [0.2, 0.25) is 0 Å². The number of likely N-dealkylation sites (N-methyl/N-ethyl adjacent to an activating group) is 1. The largest absolute Gasteiger partial charge is 0.389 e. The number of fused-ring (bicyclic) bond motifs is 1. The molecule has 0 amide bonds. The van der Waals surface area contributed by atoms with Crippen LogP contribution in [0.3, 0.4) is 0 Å². The van der Waals surface area contributed by atoms with Gasteiger partial charge in [-0.1, -0.05) is 11.3 Å². The lowest BCUT2D eigenvalue weighted by Crippen LogP contribution is -2.32. The molecular formula is C11H16N4O3S. The highest BCUT2D eigenvalue weighted by Gasteiger charge is 2.10. The van der Waals surface area contributed by atoms with Crippen molar-refractivity contribution in [3.05, 3.63) is 27.6 Å². The Morgan fingerprint density at radius 3 is 3.16 bits per heavy atom. The lowest BCUT2D eigenvalue weighted by atomic mass is 10.3. The fourth-order valence-electron chi connectivity index (χ4n) is 1.83. The number of methoxy groups -OCH3 is 1. The minimum atomic E-state index is -0.553. The van der Waals surface area contributed by atoms with Gasteiger partial charge in [0, 0.05) is 26.3 Å². The van der Waals surface area contributed by atoms with Crippen LogP contribution in [0.25, 0.3) is 4.96 Å². The minimum Gasteiger partial charge on any atom is -0.389 e. The second kappa shape index (κ2) is 6.20. The van der Waals surface area contributed by atoms with Crippen LogP contribution in [0.4, 0.5) is 0 Å². The van der Waals surface area contributed by atoms with Gasteiger partial charge in [-0.2, -0.15) is 9.61 Å². The van der Waals surface area contributed by atoms with Gasteiger partial charge in [-0.3, -0.25) is 9.69 Å². The zero-order chi connectivity index (χ0) is 13.8. The highest BCUT2D eigenvalue weighted by Crippen LogP contribution is 2.05. The minimum absolute atomic E-state index is 0.188. The van der Waals surface area contributed by atoms with E-state index in [1.54, 1.807) is 12.6 Å². The van der Waals surface area contributed by atoms with Crippen LogP contribution >= 0.6 is 11.3 Å². The standard InChI is InChI=1S/C11H16N4O3S/c1-14(5-9(16)6-18-2)4-8-3-10(17)15-11(13-8)19-7-12-15/h3,7,9,16H,4-6H2,1-2H3. The summed E-state index contributed by atoms with van der Waals surface area (Å²) in [5.74, 6) is 0. The number of rotatable bonds is 6. The Hall–Kier alpha value is -1.35. The van der Waals surface area contributed by atoms with E-state index in [0.717, 1.165) is 0 Å². The summed E-state index contributed by atoms with van der Waals surface area (Å²) in [7, 11) is 3.40. The lowest BCUT2D eigenvalue weighted by molar-refractivity contribution is 0.0417. The van der Waals surface area contributed by atoms with E-state index in [-0.39, 0.29) is 12.2 Å². The Morgan fingerprint density at radius 1 is 1.63 bits per heavy atom. The number of nitrogens with zero attached hydrogens (tertiary/aromatic N) is 4. The smallest absolute Gasteiger partial charge is 0.275 e. The monoisotopic (exact) mass is 284 g/mol. The third kappa shape index (κ3) is 3.57. The third-order valence-electron chi connectivity index (χ3n) is 2.55. The van der Waals surface area contributed by atoms with E-state index in [9.17, 15) is 9.90 Å². The molecule has 0 radical (unpaired) electrons. The number of hydrogen-bond acceptors (Lipinski definition) is 7. The average Bonchev–Trinajstić information content (AvgIpc) is 2.77. The van der Waals surface area contributed by atoms with Gasteiger partial charge in [-0.05, 0) is 7.05 Å². The highest BCUT2D eigenvalue weighted by molar-refractivity contribution is 7.14. The molecule has 0 saturated heterocycles. The first kappa shape index (κ1) is 14.1. The summed E-state index contributed by atoms with van der Waals surface area (Å²) in [5.41, 5.74) is 2.06. The van der Waals surface area contributed by atoms with Gasteiger partial charge in [0.25, 0.3) is 5.56 Å². The van der Waals surface area contributed by atoms with Gasteiger partial charge < -0.3 is 9.84 Å². The topological polar surface area (TPSA) is 80.0 Å². The normalized spacial score (nSPS) is 13.3. The van der Waals surface area contributed by atoms with E-state index >= 15 is 0 Å². The number of hydrogen-bond donors (Lipinski definition) is 1. The van der Waals surface area contributed by atoms with Gasteiger partial charge >= 0.3 is 0 Å². The predicted molar refractivity (Wildman–Crippen MR) is 71.4 cm³/mol. The molecule has 0 spiro atoms. The molecule has 0 aliphatic rings. The maximum absolute atomic E-state index is 11.7. The van der Waals surface area contributed by atoms with E-state index in [1.807, 2.05) is 11.9 Å². The van der Waals surface area contributed by atoms with E-state index in [1.165, 1.54) is 21.9 Å². The molecule has 8 heteroatoms. The summed E-state index contributed by atoms with van der Waals surface area (Å²) < 4.78 is 6.14. The fourth-order valence-corrected chi connectivity index (χ4v) is 2.47. The molecule has 19 heavy (non-hydrogen) atoms. The van der Waals surface area contributed by atoms with Crippen molar-refractivity contribution in [2.45, 2.75) is 12.6 Å². The van der Waals surface area contributed by atoms with E-state index in [4.69, 9.17) is 4.74 Å². The van der Waals surface area contributed by atoms with Crippen molar-refractivity contribution in [3.63, 3.8) is 0 Å². The number of aliphatic hydroxyl groups is 1. The Balaban J connectivity index is 2.06. The first-order valence-electron chi connectivity index (χ1n) is 5.78. The molecule has 2 rings (SSSR count). The van der Waals surface area contributed by atoms with Crippen molar-refractivity contribution < 1.29 is 9.84 Å². The molecule has 1 unspecified atom stereocenters. The van der Waals surface area contributed by atoms with E-state index in [2.05, 4.69) is 10.1 Å². The second-order valence-corrected chi connectivity index (χ2v) is 5.14. The van der Waals surface area contributed by atoms with Crippen LogP contribution in [-0.2, 0) is 11.3 Å². The van der Waals surface area contributed by atoms with Gasteiger partial charge in [0.1, 0.15) is 5.51 Å². The summed E-state index contributed by atoms with van der Waals surface area (Å²) >= 11 is 1.32. The van der Waals surface area contributed by atoms with Crippen molar-refractivity contribution in [2.24, 2.45) is 0 Å². The number of aliphatic hydroxyl groups excluding tert-OH is 1. The second-order valence-electron chi connectivity index (χ2n) is 4.32. The zero-order valence-corrected chi connectivity index (χ0v) is 11.6. The van der Waals surface area contributed by atoms with Crippen molar-refractivity contribution in [1.82, 2.24) is 19.5 Å². The van der Waals surface area contributed by atoms with Crippen molar-refractivity contribution >= 4 is 16.3 Å². The van der Waals surface area contributed by atoms with Crippen molar-refractivity contribution in [3.8, 4) is 0 Å². The summed E-state index contributed by atoms with van der Waals surface area (Å²) in [4.78, 5) is 18.6.